The summed E-state index contributed by atoms with van der Waals surface area (Å²) in [4.78, 5) is 16.2. The lowest BCUT2D eigenvalue weighted by atomic mass is 10.1. The van der Waals surface area contributed by atoms with E-state index in [0.29, 0.717) is 42.8 Å². The largest absolute Gasteiger partial charge is 0.418 e. The highest BCUT2D eigenvalue weighted by Crippen LogP contribution is 2.34. The minimum Gasteiger partial charge on any atom is -0.324 e. The molecule has 29 heavy (non-hydrogen) atoms. The monoisotopic (exact) mass is 473 g/mol. The van der Waals surface area contributed by atoms with Crippen LogP contribution < -0.4 is 5.32 Å². The number of nitrogens with zero attached hydrogens (tertiary/aromatic N) is 2. The fourth-order valence-electron chi connectivity index (χ4n) is 3.23. The Morgan fingerprint density at radius 1 is 1.03 bits per heavy atom. The maximum atomic E-state index is 14.0. The molecule has 1 aliphatic heterocycles. The number of rotatable bonds is 5. The third-order valence-electron chi connectivity index (χ3n) is 4.75. The van der Waals surface area contributed by atoms with E-state index in [9.17, 15) is 22.4 Å². The van der Waals surface area contributed by atoms with Crippen LogP contribution in [-0.4, -0.2) is 48.4 Å². The Morgan fingerprint density at radius 2 is 1.69 bits per heavy atom. The number of amides is 1. The van der Waals surface area contributed by atoms with Crippen LogP contribution in [0.3, 0.4) is 0 Å². The van der Waals surface area contributed by atoms with Gasteiger partial charge in [-0.05, 0) is 24.3 Å². The molecule has 0 atom stereocenters. The normalized spacial score (nSPS) is 16.0. The van der Waals surface area contributed by atoms with Crippen LogP contribution in [0.15, 0.2) is 46.9 Å². The summed E-state index contributed by atoms with van der Waals surface area (Å²) >= 11 is 3.23. The summed E-state index contributed by atoms with van der Waals surface area (Å²) in [5, 5.41) is 2.36. The van der Waals surface area contributed by atoms with Gasteiger partial charge in [0, 0.05) is 42.8 Å². The summed E-state index contributed by atoms with van der Waals surface area (Å²) < 4.78 is 53.8. The van der Waals surface area contributed by atoms with Crippen molar-refractivity contribution in [1.82, 2.24) is 9.80 Å². The van der Waals surface area contributed by atoms with Gasteiger partial charge in [0.15, 0.2) is 0 Å². The van der Waals surface area contributed by atoms with Gasteiger partial charge in [-0.1, -0.05) is 34.1 Å². The van der Waals surface area contributed by atoms with E-state index in [1.807, 2.05) is 4.90 Å². The predicted molar refractivity (Wildman–Crippen MR) is 106 cm³/mol. The van der Waals surface area contributed by atoms with Crippen molar-refractivity contribution in [2.75, 3.05) is 38.0 Å². The molecule has 0 unspecified atom stereocenters. The minimum absolute atomic E-state index is 0.00662. The zero-order valence-corrected chi connectivity index (χ0v) is 17.1. The Balaban J connectivity index is 1.50. The topological polar surface area (TPSA) is 35.6 Å². The first-order chi connectivity index (χ1) is 13.7. The molecule has 1 fully saturated rings. The van der Waals surface area contributed by atoms with Crippen LogP contribution in [0.2, 0.25) is 0 Å². The lowest BCUT2D eigenvalue weighted by Crippen LogP contribution is -2.48. The van der Waals surface area contributed by atoms with E-state index in [4.69, 9.17) is 0 Å². The maximum Gasteiger partial charge on any atom is 0.418 e. The molecule has 0 bridgehead atoms. The standard InChI is InChI=1S/C20H20BrF4N3O/c21-15-6-5-14(17(22)11-15)12-27-7-9-28(10-8-27)13-19(29)26-18-4-2-1-3-16(18)20(23,24)25/h1-6,11H,7-10,12-13H2,(H,26,29). The third kappa shape index (κ3) is 6.01. The van der Waals surface area contributed by atoms with Crippen LogP contribution in [0.25, 0.3) is 0 Å². The van der Waals surface area contributed by atoms with Crippen LogP contribution in [0.1, 0.15) is 11.1 Å². The number of benzene rings is 2. The highest BCUT2D eigenvalue weighted by atomic mass is 79.9. The van der Waals surface area contributed by atoms with Gasteiger partial charge in [-0.3, -0.25) is 14.6 Å². The van der Waals surface area contributed by atoms with Crippen LogP contribution in [0, 0.1) is 5.82 Å². The quantitative estimate of drug-likeness (QED) is 0.655. The van der Waals surface area contributed by atoms with Crippen molar-refractivity contribution in [1.29, 1.82) is 0 Å². The van der Waals surface area contributed by atoms with E-state index in [1.165, 1.54) is 24.3 Å². The molecule has 3 rings (SSSR count). The highest BCUT2D eigenvalue weighted by Gasteiger charge is 2.33. The summed E-state index contributed by atoms with van der Waals surface area (Å²) in [6, 6.07) is 9.86. The third-order valence-corrected chi connectivity index (χ3v) is 5.24. The van der Waals surface area contributed by atoms with Crippen molar-refractivity contribution in [3.63, 3.8) is 0 Å². The van der Waals surface area contributed by atoms with E-state index in [0.717, 1.165) is 6.07 Å². The number of piperazine rings is 1. The molecule has 0 radical (unpaired) electrons. The first-order valence-corrected chi connectivity index (χ1v) is 9.86. The van der Waals surface area contributed by atoms with Gasteiger partial charge in [-0.2, -0.15) is 13.2 Å². The smallest absolute Gasteiger partial charge is 0.324 e. The number of carbonyl (C=O) groups is 1. The molecule has 156 valence electrons. The lowest BCUT2D eigenvalue weighted by molar-refractivity contribution is -0.137. The molecular formula is C20H20BrF4N3O. The summed E-state index contributed by atoms with van der Waals surface area (Å²) in [6.07, 6.45) is -4.53. The number of alkyl halides is 3. The van der Waals surface area contributed by atoms with E-state index < -0.39 is 17.6 Å². The van der Waals surface area contributed by atoms with Crippen molar-refractivity contribution in [3.05, 3.63) is 63.9 Å². The number of halogens is 5. The number of nitrogens with one attached hydrogen (secondary N) is 1. The molecule has 2 aromatic carbocycles. The van der Waals surface area contributed by atoms with Gasteiger partial charge in [-0.25, -0.2) is 4.39 Å². The minimum atomic E-state index is -4.53. The molecule has 2 aromatic rings. The molecule has 1 amide bonds. The molecule has 1 heterocycles. The van der Waals surface area contributed by atoms with E-state index in [2.05, 4.69) is 26.1 Å². The van der Waals surface area contributed by atoms with Crippen LogP contribution in [0.4, 0.5) is 23.2 Å². The second kappa shape index (κ2) is 9.23. The molecule has 1 saturated heterocycles. The Hall–Kier alpha value is -1.97. The molecule has 0 spiro atoms. The number of carbonyl (C=O) groups excluding carboxylic acids is 1. The summed E-state index contributed by atoms with van der Waals surface area (Å²) in [5.74, 6) is -0.765. The molecule has 1 N–H and O–H groups in total. The van der Waals surface area contributed by atoms with Gasteiger partial charge in [0.05, 0.1) is 17.8 Å². The molecule has 0 aliphatic carbocycles. The summed E-state index contributed by atoms with van der Waals surface area (Å²) in [7, 11) is 0. The SMILES string of the molecule is O=C(CN1CCN(Cc2ccc(Br)cc2F)CC1)Nc1ccccc1C(F)(F)F. The van der Waals surface area contributed by atoms with E-state index in [-0.39, 0.29) is 18.0 Å². The van der Waals surface area contributed by atoms with Gasteiger partial charge < -0.3 is 5.32 Å². The molecule has 9 heteroatoms. The lowest BCUT2D eigenvalue weighted by Gasteiger charge is -2.34. The molecule has 0 aromatic heterocycles. The highest BCUT2D eigenvalue weighted by molar-refractivity contribution is 9.10. The molecular weight excluding hydrogens is 454 g/mol. The van der Waals surface area contributed by atoms with Gasteiger partial charge in [0.2, 0.25) is 5.91 Å². The molecule has 0 saturated carbocycles. The van der Waals surface area contributed by atoms with Crippen LogP contribution in [-0.2, 0) is 17.5 Å². The summed E-state index contributed by atoms with van der Waals surface area (Å²) in [6.45, 7) is 2.91. The van der Waals surface area contributed by atoms with Crippen molar-refractivity contribution in [2.24, 2.45) is 0 Å². The Bertz CT molecular complexity index is 867. The zero-order chi connectivity index (χ0) is 21.0. The average Bonchev–Trinajstić information content (AvgIpc) is 2.65. The molecule has 4 nitrogen and oxygen atoms in total. The van der Waals surface area contributed by atoms with E-state index >= 15 is 0 Å². The number of anilines is 1. The second-order valence-corrected chi connectivity index (χ2v) is 7.80. The number of para-hydroxylation sites is 1. The second-order valence-electron chi connectivity index (χ2n) is 6.88. The van der Waals surface area contributed by atoms with Crippen LogP contribution >= 0.6 is 15.9 Å². The maximum absolute atomic E-state index is 14.0. The number of hydrogen-bond donors (Lipinski definition) is 1. The van der Waals surface area contributed by atoms with Crippen molar-refractivity contribution in [3.8, 4) is 0 Å². The Labute approximate surface area is 174 Å². The fourth-order valence-corrected chi connectivity index (χ4v) is 3.56. The van der Waals surface area contributed by atoms with Gasteiger partial charge in [-0.15, -0.1) is 0 Å². The first-order valence-electron chi connectivity index (χ1n) is 9.07. The summed E-state index contributed by atoms with van der Waals surface area (Å²) in [5.41, 5.74) is -0.507. The predicted octanol–water partition coefficient (Wildman–Crippen LogP) is 4.36. The Morgan fingerprint density at radius 3 is 2.34 bits per heavy atom. The molecule has 1 aliphatic rings. The Kier molecular flexibility index (Phi) is 6.92. The van der Waals surface area contributed by atoms with E-state index in [1.54, 1.807) is 12.1 Å². The van der Waals surface area contributed by atoms with Crippen LogP contribution in [0.5, 0.6) is 0 Å². The average molecular weight is 474 g/mol. The van der Waals surface area contributed by atoms with Crippen molar-refractivity contribution < 1.29 is 22.4 Å². The zero-order valence-electron chi connectivity index (χ0n) is 15.5. The van der Waals surface area contributed by atoms with Gasteiger partial charge >= 0.3 is 6.18 Å². The van der Waals surface area contributed by atoms with Crippen molar-refractivity contribution in [2.45, 2.75) is 12.7 Å². The first kappa shape index (κ1) is 21.7. The van der Waals surface area contributed by atoms with Crippen molar-refractivity contribution >= 4 is 27.5 Å². The van der Waals surface area contributed by atoms with Gasteiger partial charge in [0.25, 0.3) is 0 Å². The van der Waals surface area contributed by atoms with Gasteiger partial charge in [0.1, 0.15) is 5.82 Å². The number of hydrogen-bond acceptors (Lipinski definition) is 3. The fraction of sp³-hybridized carbons (Fsp3) is 0.350.